The molecule has 2 bridgehead atoms. The zero-order valence-corrected chi connectivity index (χ0v) is 30.9. The Labute approximate surface area is 284 Å². The van der Waals surface area contributed by atoms with E-state index in [0.29, 0.717) is 38.0 Å². The second-order valence-electron chi connectivity index (χ2n) is 18.0. The lowest BCUT2D eigenvalue weighted by molar-refractivity contribution is -0.270. The van der Waals surface area contributed by atoms with E-state index in [2.05, 4.69) is 68.4 Å². The monoisotopic (exact) mass is 658 g/mol. The van der Waals surface area contributed by atoms with Crippen LogP contribution in [-0.2, 0) is 23.8 Å². The predicted molar refractivity (Wildman–Crippen MR) is 184 cm³/mol. The molecule has 47 heavy (non-hydrogen) atoms. The number of ether oxygens (including phenoxy) is 3. The minimum atomic E-state index is -0.687. The van der Waals surface area contributed by atoms with E-state index in [1.807, 2.05) is 0 Å². The molecule has 5 N–H and O–H groups in total. The van der Waals surface area contributed by atoms with E-state index in [-0.39, 0.29) is 51.7 Å². The number of unbranched alkanes of at least 4 members (excludes halogenated alkanes) is 1. The molecular formula is C39H66N2O6. The molecule has 5 rings (SSSR count). The van der Waals surface area contributed by atoms with Crippen molar-refractivity contribution in [3.8, 4) is 0 Å². The fraction of sp³-hybridized carbons (Fsp3) is 0.897. The molecule has 0 aromatic heterocycles. The summed E-state index contributed by atoms with van der Waals surface area (Å²) >= 11 is 0. The van der Waals surface area contributed by atoms with Gasteiger partial charge < -0.3 is 30.8 Å². The second kappa shape index (κ2) is 13.0. The fourth-order valence-electron chi connectivity index (χ4n) is 12.1. The van der Waals surface area contributed by atoms with Crippen LogP contribution in [0.2, 0.25) is 0 Å². The molecule has 268 valence electrons. The van der Waals surface area contributed by atoms with Gasteiger partial charge in [0.1, 0.15) is 12.1 Å². The Balaban J connectivity index is 1.53. The number of carboxylic acids is 1. The van der Waals surface area contributed by atoms with Gasteiger partial charge in [0.2, 0.25) is 0 Å². The Bertz CT molecular complexity index is 1220. The summed E-state index contributed by atoms with van der Waals surface area (Å²) in [5.41, 5.74) is 12.0. The first-order chi connectivity index (χ1) is 21.9. The number of fused-ring (bicyclic) bond motifs is 3. The quantitative estimate of drug-likeness (QED) is 0.126. The lowest BCUT2D eigenvalue weighted by Gasteiger charge is -2.71. The standard InChI is InChI=1S/C39H66N2O6/c1-23(2)25(5)35(6)17-18-37(8)26-13-14-30-36(7)21-45-22-39(30,27(26)15-16-38(37,9)31(35)33(42)43)20-29(46-24(3)4)32(36)47-34(44)28(41)12-10-11-19-40/h15,23-26,28-32H,10-14,16-22,40-41H2,1-9H3,(H,42,43)/t25-,26+,28?,29-,30+,31-,32+,35-,36-,37-,38+,39+/m1/s1. The van der Waals surface area contributed by atoms with Crippen molar-refractivity contribution in [2.45, 2.75) is 144 Å². The number of carbonyl (C=O) groups is 2. The Morgan fingerprint density at radius 3 is 2.34 bits per heavy atom. The summed E-state index contributed by atoms with van der Waals surface area (Å²) < 4.78 is 19.7. The summed E-state index contributed by atoms with van der Waals surface area (Å²) in [5.74, 6) is -0.163. The highest BCUT2D eigenvalue weighted by Gasteiger charge is 2.72. The third-order valence-corrected chi connectivity index (χ3v) is 15.0. The molecular weight excluding hydrogens is 592 g/mol. The van der Waals surface area contributed by atoms with Gasteiger partial charge in [-0.25, -0.2) is 0 Å². The predicted octanol–water partition coefficient (Wildman–Crippen LogP) is 6.74. The summed E-state index contributed by atoms with van der Waals surface area (Å²) in [5, 5.41) is 11.0. The minimum Gasteiger partial charge on any atom is -0.481 e. The summed E-state index contributed by atoms with van der Waals surface area (Å²) in [7, 11) is 0. The molecule has 1 unspecified atom stereocenters. The van der Waals surface area contributed by atoms with Crippen LogP contribution in [-0.4, -0.2) is 61.2 Å². The van der Waals surface area contributed by atoms with E-state index in [4.69, 9.17) is 25.7 Å². The van der Waals surface area contributed by atoms with Gasteiger partial charge in [-0.1, -0.05) is 66.5 Å². The highest BCUT2D eigenvalue weighted by atomic mass is 16.6. The zero-order chi connectivity index (χ0) is 34.7. The summed E-state index contributed by atoms with van der Waals surface area (Å²) in [6, 6.07) is -0.687. The number of carbonyl (C=O) groups excluding carboxylic acids is 1. The molecule has 12 atom stereocenters. The number of esters is 1. The lowest BCUT2D eigenvalue weighted by Crippen LogP contribution is -2.70. The van der Waals surface area contributed by atoms with Gasteiger partial charge in [0.25, 0.3) is 0 Å². The number of hydrogen-bond donors (Lipinski definition) is 3. The molecule has 1 saturated heterocycles. The Morgan fingerprint density at radius 2 is 1.72 bits per heavy atom. The smallest absolute Gasteiger partial charge is 0.323 e. The lowest BCUT2D eigenvalue weighted by atomic mass is 9.34. The molecule has 0 amide bonds. The number of allylic oxidation sites excluding steroid dienone is 1. The molecule has 0 radical (unpaired) electrons. The van der Waals surface area contributed by atoms with Crippen LogP contribution in [0, 0.1) is 56.7 Å². The van der Waals surface area contributed by atoms with Crippen molar-refractivity contribution >= 4 is 11.9 Å². The molecule has 1 heterocycles. The van der Waals surface area contributed by atoms with Gasteiger partial charge in [-0.3, -0.25) is 9.59 Å². The Kier molecular flexibility index (Phi) is 10.2. The topological polar surface area (TPSA) is 134 Å². The first-order valence-electron chi connectivity index (χ1n) is 18.8. The summed E-state index contributed by atoms with van der Waals surface area (Å²) in [4.78, 5) is 26.8. The molecule has 0 aromatic carbocycles. The molecule has 4 fully saturated rings. The van der Waals surface area contributed by atoms with Gasteiger partial charge >= 0.3 is 11.9 Å². The number of hydrogen-bond acceptors (Lipinski definition) is 7. The highest BCUT2D eigenvalue weighted by Crippen LogP contribution is 2.75. The maximum absolute atomic E-state index is 13.5. The molecule has 8 nitrogen and oxygen atoms in total. The van der Waals surface area contributed by atoms with E-state index in [1.54, 1.807) is 0 Å². The molecule has 1 aliphatic heterocycles. The normalized spacial score (nSPS) is 44.1. The first kappa shape index (κ1) is 36.8. The minimum absolute atomic E-state index is 0.0338. The van der Waals surface area contributed by atoms with Crippen molar-refractivity contribution < 1.29 is 28.9 Å². The van der Waals surface area contributed by atoms with Gasteiger partial charge in [0, 0.05) is 10.8 Å². The molecule has 5 aliphatic rings. The van der Waals surface area contributed by atoms with Crippen LogP contribution in [0.25, 0.3) is 0 Å². The highest BCUT2D eigenvalue weighted by molar-refractivity contribution is 5.76. The number of rotatable bonds is 11. The van der Waals surface area contributed by atoms with Crippen molar-refractivity contribution in [2.24, 2.45) is 68.1 Å². The second-order valence-corrected chi connectivity index (χ2v) is 18.0. The van der Waals surface area contributed by atoms with Crippen molar-refractivity contribution in [3.05, 3.63) is 11.6 Å². The van der Waals surface area contributed by atoms with Crippen LogP contribution in [0.4, 0.5) is 0 Å². The summed E-state index contributed by atoms with van der Waals surface area (Å²) in [6.07, 6.45) is 9.30. The van der Waals surface area contributed by atoms with Crippen molar-refractivity contribution in [2.75, 3.05) is 19.8 Å². The van der Waals surface area contributed by atoms with Crippen LogP contribution in [0.3, 0.4) is 0 Å². The van der Waals surface area contributed by atoms with E-state index in [1.165, 1.54) is 5.57 Å². The first-order valence-corrected chi connectivity index (χ1v) is 18.8. The fourth-order valence-corrected chi connectivity index (χ4v) is 12.1. The van der Waals surface area contributed by atoms with Gasteiger partial charge in [0.15, 0.2) is 0 Å². The Hall–Kier alpha value is -1.48. The number of carboxylic acid groups (broad SMARTS) is 1. The average Bonchev–Trinajstić information content (AvgIpc) is 2.98. The van der Waals surface area contributed by atoms with E-state index in [9.17, 15) is 14.7 Å². The van der Waals surface area contributed by atoms with Gasteiger partial charge in [0.05, 0.1) is 31.3 Å². The van der Waals surface area contributed by atoms with E-state index >= 15 is 0 Å². The molecule has 3 saturated carbocycles. The van der Waals surface area contributed by atoms with Crippen LogP contribution in [0.5, 0.6) is 0 Å². The average molecular weight is 659 g/mol. The maximum Gasteiger partial charge on any atom is 0.323 e. The molecule has 0 aromatic rings. The summed E-state index contributed by atoms with van der Waals surface area (Å²) in [6.45, 7) is 21.8. The van der Waals surface area contributed by atoms with Crippen molar-refractivity contribution in [3.63, 3.8) is 0 Å². The molecule has 0 spiro atoms. The third-order valence-electron chi connectivity index (χ3n) is 15.0. The SMILES string of the molecule is CC(C)O[C@@H]1C[C@@]23COC[C@](C)([C@@H]2CC[C@H]2C3=CC[C@@]3(C)[C@H](C(=O)O)[C@@](C)([C@H](C)C(C)C)CC[C@]23C)[C@H]1OC(=O)C(N)CCCCN. The maximum atomic E-state index is 13.5. The zero-order valence-electron chi connectivity index (χ0n) is 30.9. The number of aliphatic carboxylic acids is 1. The number of nitrogens with two attached hydrogens (primary N) is 2. The van der Waals surface area contributed by atoms with Crippen LogP contribution < -0.4 is 11.5 Å². The van der Waals surface area contributed by atoms with Gasteiger partial charge in [-0.2, -0.15) is 0 Å². The van der Waals surface area contributed by atoms with Crippen LogP contribution >= 0.6 is 0 Å². The van der Waals surface area contributed by atoms with Crippen molar-refractivity contribution in [1.29, 1.82) is 0 Å². The van der Waals surface area contributed by atoms with E-state index < -0.39 is 29.4 Å². The third kappa shape index (κ3) is 5.63. The molecule has 4 aliphatic carbocycles. The van der Waals surface area contributed by atoms with Gasteiger partial charge in [-0.15, -0.1) is 0 Å². The largest absolute Gasteiger partial charge is 0.481 e. The van der Waals surface area contributed by atoms with Crippen LogP contribution in [0.1, 0.15) is 120 Å². The van der Waals surface area contributed by atoms with Gasteiger partial charge in [-0.05, 0) is 112 Å². The molecule has 8 heteroatoms. The van der Waals surface area contributed by atoms with Crippen molar-refractivity contribution in [1.82, 2.24) is 0 Å². The van der Waals surface area contributed by atoms with Crippen LogP contribution in [0.15, 0.2) is 11.6 Å². The Morgan fingerprint density at radius 1 is 1.02 bits per heavy atom. The van der Waals surface area contributed by atoms with E-state index in [0.717, 1.165) is 51.4 Å².